The molecule has 3 nitrogen and oxygen atoms in total. The van der Waals surface area contributed by atoms with Crippen LogP contribution in [0.4, 0.5) is 0 Å². The van der Waals surface area contributed by atoms with E-state index in [9.17, 15) is 4.79 Å². The maximum Gasteiger partial charge on any atom is 0.219 e. The van der Waals surface area contributed by atoms with Gasteiger partial charge >= 0.3 is 0 Å². The molecule has 0 radical (unpaired) electrons. The Morgan fingerprint density at radius 2 is 2.17 bits per heavy atom. The van der Waals surface area contributed by atoms with Crippen LogP contribution in [0.5, 0.6) is 0 Å². The van der Waals surface area contributed by atoms with E-state index in [0.717, 1.165) is 19.6 Å². The average molecular weight is 174 g/mol. The first-order chi connectivity index (χ1) is 5.70. The molecule has 1 rings (SSSR count). The lowest BCUT2D eigenvalue weighted by molar-refractivity contribution is -0.129. The lowest BCUT2D eigenvalue weighted by Gasteiger charge is -2.30. The summed E-state index contributed by atoms with van der Waals surface area (Å²) < 4.78 is 0. The molecule has 0 unspecified atom stereocenters. The standard InChI is InChI=1S/C7H14N2O.C2H6.H2/c1-6-5-9(7(2)10)4-3-8-6;1-2;/h6,8H,3-5H2,1-2H3;1-2H3;1H/t6-;;/m1../s1. The van der Waals surface area contributed by atoms with Crippen molar-refractivity contribution in [2.75, 3.05) is 19.6 Å². The fraction of sp³-hybridized carbons (Fsp3) is 0.889. The van der Waals surface area contributed by atoms with E-state index in [1.807, 2.05) is 18.7 Å². The predicted molar refractivity (Wildman–Crippen MR) is 53.2 cm³/mol. The van der Waals surface area contributed by atoms with E-state index in [2.05, 4.69) is 12.2 Å². The number of carbonyl (C=O) groups excluding carboxylic acids is 1. The van der Waals surface area contributed by atoms with Crippen LogP contribution < -0.4 is 5.32 Å². The number of carbonyl (C=O) groups is 1. The van der Waals surface area contributed by atoms with Crippen LogP contribution in [-0.2, 0) is 4.79 Å². The number of rotatable bonds is 0. The van der Waals surface area contributed by atoms with Gasteiger partial charge in [-0.3, -0.25) is 4.79 Å². The van der Waals surface area contributed by atoms with Crippen molar-refractivity contribution in [3.05, 3.63) is 0 Å². The molecular weight excluding hydrogens is 152 g/mol. The van der Waals surface area contributed by atoms with Gasteiger partial charge in [0, 0.05) is 34.0 Å². The quantitative estimate of drug-likeness (QED) is 0.596. The molecule has 1 N–H and O–H groups in total. The highest BCUT2D eigenvalue weighted by atomic mass is 16.2. The summed E-state index contributed by atoms with van der Waals surface area (Å²) in [6, 6.07) is 0.456. The molecule has 1 aliphatic rings. The molecule has 1 heterocycles. The maximum atomic E-state index is 10.8. The summed E-state index contributed by atoms with van der Waals surface area (Å²) in [6.45, 7) is 10.4. The summed E-state index contributed by atoms with van der Waals surface area (Å²) in [5, 5.41) is 3.27. The van der Waals surface area contributed by atoms with Gasteiger partial charge in [0.1, 0.15) is 0 Å². The maximum absolute atomic E-state index is 10.8. The third-order valence-electron chi connectivity index (χ3n) is 1.81. The third kappa shape index (κ3) is 3.72. The summed E-state index contributed by atoms with van der Waals surface area (Å²) in [7, 11) is 0. The van der Waals surface area contributed by atoms with Crippen LogP contribution >= 0.6 is 0 Å². The molecule has 0 aromatic heterocycles. The average Bonchev–Trinajstić information content (AvgIpc) is 2.08. The van der Waals surface area contributed by atoms with Crippen LogP contribution in [0.15, 0.2) is 0 Å². The van der Waals surface area contributed by atoms with Crippen molar-refractivity contribution in [1.82, 2.24) is 10.2 Å². The van der Waals surface area contributed by atoms with Crippen molar-refractivity contribution in [2.24, 2.45) is 0 Å². The summed E-state index contributed by atoms with van der Waals surface area (Å²) in [6.07, 6.45) is 0. The van der Waals surface area contributed by atoms with Gasteiger partial charge in [-0.2, -0.15) is 0 Å². The van der Waals surface area contributed by atoms with Gasteiger partial charge in [-0.15, -0.1) is 0 Å². The normalized spacial score (nSPS) is 22.7. The molecule has 1 aliphatic heterocycles. The zero-order valence-electron chi connectivity index (χ0n) is 8.55. The summed E-state index contributed by atoms with van der Waals surface area (Å²) >= 11 is 0. The van der Waals surface area contributed by atoms with Crippen molar-refractivity contribution in [3.63, 3.8) is 0 Å². The monoisotopic (exact) mass is 174 g/mol. The van der Waals surface area contributed by atoms with Crippen LogP contribution in [0.2, 0.25) is 0 Å². The fourth-order valence-corrected chi connectivity index (χ4v) is 1.22. The minimum atomic E-state index is 0. The van der Waals surface area contributed by atoms with E-state index in [0.29, 0.717) is 6.04 Å². The minimum Gasteiger partial charge on any atom is -0.340 e. The molecule has 0 spiro atoms. The van der Waals surface area contributed by atoms with Gasteiger partial charge in [0.15, 0.2) is 0 Å². The molecule has 74 valence electrons. The topological polar surface area (TPSA) is 32.3 Å². The van der Waals surface area contributed by atoms with Crippen molar-refractivity contribution in [1.29, 1.82) is 0 Å². The highest BCUT2D eigenvalue weighted by Crippen LogP contribution is 1.97. The largest absolute Gasteiger partial charge is 0.340 e. The first-order valence-electron chi connectivity index (χ1n) is 4.69. The van der Waals surface area contributed by atoms with E-state index in [1.54, 1.807) is 6.92 Å². The summed E-state index contributed by atoms with van der Waals surface area (Å²) in [5.74, 6) is 0.188. The highest BCUT2D eigenvalue weighted by Gasteiger charge is 2.16. The fourth-order valence-electron chi connectivity index (χ4n) is 1.22. The molecule has 12 heavy (non-hydrogen) atoms. The zero-order valence-corrected chi connectivity index (χ0v) is 8.55. The Morgan fingerprint density at radius 3 is 2.50 bits per heavy atom. The molecule has 1 amide bonds. The highest BCUT2D eigenvalue weighted by molar-refractivity contribution is 5.73. The Morgan fingerprint density at radius 1 is 1.58 bits per heavy atom. The predicted octanol–water partition coefficient (Wildman–Crippen LogP) is 1.10. The smallest absolute Gasteiger partial charge is 0.219 e. The molecule has 0 aliphatic carbocycles. The number of amides is 1. The zero-order chi connectivity index (χ0) is 9.56. The van der Waals surface area contributed by atoms with Crippen molar-refractivity contribution >= 4 is 5.91 Å². The Balaban J connectivity index is 0. The number of nitrogens with zero attached hydrogens (tertiary/aromatic N) is 1. The van der Waals surface area contributed by atoms with Crippen LogP contribution in [0.25, 0.3) is 0 Å². The lowest BCUT2D eigenvalue weighted by Crippen LogP contribution is -2.50. The third-order valence-corrected chi connectivity index (χ3v) is 1.81. The van der Waals surface area contributed by atoms with Crippen LogP contribution in [0.3, 0.4) is 0 Å². The van der Waals surface area contributed by atoms with E-state index in [4.69, 9.17) is 0 Å². The number of piperazine rings is 1. The van der Waals surface area contributed by atoms with Gasteiger partial charge in [-0.1, -0.05) is 13.8 Å². The molecular formula is C9H22N2O. The number of nitrogens with one attached hydrogen (secondary N) is 1. The van der Waals surface area contributed by atoms with E-state index >= 15 is 0 Å². The molecule has 0 saturated carbocycles. The van der Waals surface area contributed by atoms with Gasteiger partial charge in [-0.25, -0.2) is 0 Å². The van der Waals surface area contributed by atoms with Gasteiger partial charge in [0.2, 0.25) is 5.91 Å². The van der Waals surface area contributed by atoms with E-state index < -0.39 is 0 Å². The second kappa shape index (κ2) is 6.00. The lowest BCUT2D eigenvalue weighted by atomic mass is 10.2. The summed E-state index contributed by atoms with van der Waals surface area (Å²) in [5.41, 5.74) is 0. The van der Waals surface area contributed by atoms with E-state index in [1.165, 1.54) is 0 Å². The van der Waals surface area contributed by atoms with Gasteiger partial charge < -0.3 is 10.2 Å². The summed E-state index contributed by atoms with van der Waals surface area (Å²) in [4.78, 5) is 12.7. The molecule has 0 bridgehead atoms. The van der Waals surface area contributed by atoms with E-state index in [-0.39, 0.29) is 7.33 Å². The Kier molecular flexibility index (Phi) is 5.72. The Labute approximate surface area is 76.6 Å². The first kappa shape index (κ1) is 11.4. The SMILES string of the molecule is CC.CC(=O)N1CCN[C@H](C)C1.[HH]. The minimum absolute atomic E-state index is 0. The van der Waals surface area contributed by atoms with Crippen molar-refractivity contribution < 1.29 is 6.22 Å². The van der Waals surface area contributed by atoms with Crippen molar-refractivity contribution in [3.8, 4) is 0 Å². The van der Waals surface area contributed by atoms with Crippen molar-refractivity contribution in [2.45, 2.75) is 33.7 Å². The molecule has 1 atom stereocenters. The molecule has 3 heteroatoms. The van der Waals surface area contributed by atoms with Gasteiger partial charge in [0.05, 0.1) is 0 Å². The second-order valence-corrected chi connectivity index (χ2v) is 2.82. The second-order valence-electron chi connectivity index (χ2n) is 2.82. The molecule has 1 saturated heterocycles. The van der Waals surface area contributed by atoms with Crippen LogP contribution in [0, 0.1) is 0 Å². The Bertz CT molecular complexity index is 142. The molecule has 0 aromatic rings. The number of hydrogen-bond donors (Lipinski definition) is 1. The first-order valence-corrected chi connectivity index (χ1v) is 4.69. The van der Waals surface area contributed by atoms with Gasteiger partial charge in [-0.05, 0) is 6.92 Å². The Hall–Kier alpha value is -0.570. The van der Waals surface area contributed by atoms with Crippen LogP contribution in [0.1, 0.15) is 29.1 Å². The number of hydrogen-bond acceptors (Lipinski definition) is 2. The van der Waals surface area contributed by atoms with Gasteiger partial charge in [0.25, 0.3) is 0 Å². The molecule has 1 fully saturated rings. The van der Waals surface area contributed by atoms with Crippen LogP contribution in [-0.4, -0.2) is 36.5 Å². The molecule has 0 aromatic carbocycles.